The van der Waals surface area contributed by atoms with E-state index in [2.05, 4.69) is 47.7 Å². The smallest absolute Gasteiger partial charge is 0.227 e. The minimum absolute atomic E-state index is 0.669. The highest BCUT2D eigenvalue weighted by molar-refractivity contribution is 5.81. The van der Waals surface area contributed by atoms with Gasteiger partial charge in [0.05, 0.1) is 0 Å². The molecule has 0 bridgehead atoms. The van der Waals surface area contributed by atoms with E-state index in [1.807, 2.05) is 36.7 Å². The Morgan fingerprint density at radius 2 is 1.68 bits per heavy atom. The maximum absolute atomic E-state index is 5.98. The Kier molecular flexibility index (Phi) is 2.86. The van der Waals surface area contributed by atoms with Crippen molar-refractivity contribution >= 4 is 11.1 Å². The van der Waals surface area contributed by atoms with E-state index in [1.165, 1.54) is 5.56 Å². The van der Waals surface area contributed by atoms with Crippen LogP contribution >= 0.6 is 0 Å². The lowest BCUT2D eigenvalue weighted by atomic mass is 10.1. The number of oxazole rings is 1. The topological polar surface area (TPSA) is 31.0 Å². The molecule has 0 N–H and O–H groups in total. The molecule has 0 saturated carbocycles. The van der Waals surface area contributed by atoms with Gasteiger partial charge in [0, 0.05) is 23.6 Å². The predicted octanol–water partition coefficient (Wildman–Crippen LogP) is 4.90. The van der Waals surface area contributed by atoms with Gasteiger partial charge in [0.25, 0.3) is 0 Å². The van der Waals surface area contributed by atoms with Crippen molar-refractivity contribution in [1.29, 1.82) is 0 Å². The van der Waals surface area contributed by atoms with Crippen LogP contribution < -0.4 is 0 Å². The van der Waals surface area contributed by atoms with Gasteiger partial charge < -0.3 is 8.98 Å². The van der Waals surface area contributed by atoms with E-state index in [1.54, 1.807) is 0 Å². The Morgan fingerprint density at radius 1 is 0.955 bits per heavy atom. The monoisotopic (exact) mass is 288 g/mol. The van der Waals surface area contributed by atoms with Crippen molar-refractivity contribution in [2.24, 2.45) is 0 Å². The van der Waals surface area contributed by atoms with Gasteiger partial charge in [-0.1, -0.05) is 17.7 Å². The molecule has 0 unspecified atom stereocenters. The highest BCUT2D eigenvalue weighted by Crippen LogP contribution is 2.28. The van der Waals surface area contributed by atoms with Crippen molar-refractivity contribution in [2.45, 2.75) is 13.8 Å². The molecule has 108 valence electrons. The Morgan fingerprint density at radius 3 is 2.41 bits per heavy atom. The average molecular weight is 288 g/mol. The first-order valence-electron chi connectivity index (χ1n) is 7.32. The summed E-state index contributed by atoms with van der Waals surface area (Å²) in [5.74, 6) is 0.669. The second-order valence-corrected chi connectivity index (χ2v) is 5.59. The van der Waals surface area contributed by atoms with Gasteiger partial charge in [-0.3, -0.25) is 0 Å². The Bertz CT molecular complexity index is 932. The van der Waals surface area contributed by atoms with Crippen molar-refractivity contribution in [1.82, 2.24) is 9.55 Å². The minimum Gasteiger partial charge on any atom is -0.436 e. The van der Waals surface area contributed by atoms with Crippen molar-refractivity contribution in [2.75, 3.05) is 0 Å². The van der Waals surface area contributed by atoms with Crippen LogP contribution in [0.4, 0.5) is 0 Å². The first-order chi connectivity index (χ1) is 10.7. The molecular weight excluding hydrogens is 272 g/mol. The van der Waals surface area contributed by atoms with Crippen LogP contribution in [-0.2, 0) is 0 Å². The molecule has 2 aromatic carbocycles. The summed E-state index contributed by atoms with van der Waals surface area (Å²) in [4.78, 5) is 4.66. The fourth-order valence-corrected chi connectivity index (χ4v) is 2.66. The molecule has 0 amide bonds. The Hall–Kier alpha value is -2.81. The summed E-state index contributed by atoms with van der Waals surface area (Å²) >= 11 is 0. The summed E-state index contributed by atoms with van der Waals surface area (Å²) in [6, 6.07) is 16.4. The summed E-state index contributed by atoms with van der Waals surface area (Å²) < 4.78 is 8.05. The molecule has 0 atom stereocenters. The second-order valence-electron chi connectivity index (χ2n) is 5.59. The highest BCUT2D eigenvalue weighted by atomic mass is 16.3. The minimum atomic E-state index is 0.669. The second kappa shape index (κ2) is 4.88. The molecule has 0 aliphatic heterocycles. The number of hydrogen-bond acceptors (Lipinski definition) is 2. The first-order valence-corrected chi connectivity index (χ1v) is 7.32. The van der Waals surface area contributed by atoms with E-state index >= 15 is 0 Å². The molecule has 0 radical (unpaired) electrons. The number of aromatic nitrogens is 2. The quantitative estimate of drug-likeness (QED) is 0.525. The highest BCUT2D eigenvalue weighted by Gasteiger charge is 2.11. The summed E-state index contributed by atoms with van der Waals surface area (Å²) in [7, 11) is 0. The summed E-state index contributed by atoms with van der Waals surface area (Å²) in [5, 5.41) is 0. The number of benzene rings is 2. The first kappa shape index (κ1) is 12.9. The lowest BCUT2D eigenvalue weighted by Gasteiger charge is -2.03. The number of rotatable bonds is 2. The van der Waals surface area contributed by atoms with Crippen LogP contribution in [0.3, 0.4) is 0 Å². The predicted molar refractivity (Wildman–Crippen MR) is 88.2 cm³/mol. The van der Waals surface area contributed by atoms with Crippen LogP contribution in [-0.4, -0.2) is 9.55 Å². The van der Waals surface area contributed by atoms with Crippen LogP contribution in [0.25, 0.3) is 28.2 Å². The van der Waals surface area contributed by atoms with Gasteiger partial charge in [0.15, 0.2) is 5.58 Å². The Balaban J connectivity index is 1.87. The van der Waals surface area contributed by atoms with Gasteiger partial charge >= 0.3 is 0 Å². The van der Waals surface area contributed by atoms with Crippen molar-refractivity contribution in [3.05, 3.63) is 72.1 Å². The molecule has 3 nitrogen and oxygen atoms in total. The van der Waals surface area contributed by atoms with Gasteiger partial charge in [0.1, 0.15) is 5.52 Å². The molecule has 0 aliphatic rings. The van der Waals surface area contributed by atoms with Gasteiger partial charge in [-0.05, 0) is 55.8 Å². The molecule has 3 heteroatoms. The van der Waals surface area contributed by atoms with E-state index in [0.717, 1.165) is 27.9 Å². The van der Waals surface area contributed by atoms with Gasteiger partial charge in [0.2, 0.25) is 5.89 Å². The molecule has 2 heterocycles. The standard InChI is InChI=1S/C19H16N2O/c1-13-5-7-15(8-6-13)19-20-17-12-16(21-9-3-4-10-21)11-14(2)18(17)22-19/h3-12H,1-2H3. The molecule has 2 aromatic heterocycles. The third-order valence-corrected chi connectivity index (χ3v) is 3.86. The molecule has 0 saturated heterocycles. The molecule has 4 rings (SSSR count). The van der Waals surface area contributed by atoms with Crippen molar-refractivity contribution in [3.8, 4) is 17.1 Å². The third kappa shape index (κ3) is 2.11. The normalized spacial score (nSPS) is 11.2. The van der Waals surface area contributed by atoms with Crippen molar-refractivity contribution < 1.29 is 4.42 Å². The Labute approximate surface area is 128 Å². The maximum atomic E-state index is 5.98. The number of aryl methyl sites for hydroxylation is 2. The molecule has 22 heavy (non-hydrogen) atoms. The zero-order valence-corrected chi connectivity index (χ0v) is 12.6. The van der Waals surface area contributed by atoms with Gasteiger partial charge in [-0.15, -0.1) is 0 Å². The van der Waals surface area contributed by atoms with E-state index in [0.29, 0.717) is 5.89 Å². The van der Waals surface area contributed by atoms with E-state index in [9.17, 15) is 0 Å². The lowest BCUT2D eigenvalue weighted by molar-refractivity contribution is 0.617. The molecule has 4 aromatic rings. The van der Waals surface area contributed by atoms with Crippen LogP contribution in [0, 0.1) is 13.8 Å². The maximum Gasteiger partial charge on any atom is 0.227 e. The SMILES string of the molecule is Cc1ccc(-c2nc3cc(-n4cccc4)cc(C)c3o2)cc1. The van der Waals surface area contributed by atoms with Crippen LogP contribution in [0.15, 0.2) is 65.3 Å². The van der Waals surface area contributed by atoms with Crippen LogP contribution in [0.1, 0.15) is 11.1 Å². The largest absolute Gasteiger partial charge is 0.436 e. The van der Waals surface area contributed by atoms with Crippen molar-refractivity contribution in [3.63, 3.8) is 0 Å². The zero-order valence-electron chi connectivity index (χ0n) is 12.6. The number of hydrogen-bond donors (Lipinski definition) is 0. The number of fused-ring (bicyclic) bond motifs is 1. The average Bonchev–Trinajstić information content (AvgIpc) is 3.17. The van der Waals surface area contributed by atoms with Gasteiger partial charge in [-0.25, -0.2) is 4.98 Å². The zero-order chi connectivity index (χ0) is 15.1. The van der Waals surface area contributed by atoms with Crippen LogP contribution in [0.5, 0.6) is 0 Å². The lowest BCUT2D eigenvalue weighted by Crippen LogP contribution is -1.90. The molecule has 0 fully saturated rings. The molecule has 0 spiro atoms. The molecular formula is C19H16N2O. The van der Waals surface area contributed by atoms with Crippen LogP contribution in [0.2, 0.25) is 0 Å². The summed E-state index contributed by atoms with van der Waals surface area (Å²) in [6.45, 7) is 4.13. The fraction of sp³-hybridized carbons (Fsp3) is 0.105. The third-order valence-electron chi connectivity index (χ3n) is 3.86. The van der Waals surface area contributed by atoms with E-state index in [4.69, 9.17) is 4.42 Å². The number of nitrogens with zero attached hydrogens (tertiary/aromatic N) is 2. The molecule has 0 aliphatic carbocycles. The van der Waals surface area contributed by atoms with Gasteiger partial charge in [-0.2, -0.15) is 0 Å². The summed E-state index contributed by atoms with van der Waals surface area (Å²) in [6.07, 6.45) is 4.06. The summed E-state index contributed by atoms with van der Waals surface area (Å²) in [5.41, 5.74) is 6.16. The van der Waals surface area contributed by atoms with E-state index < -0.39 is 0 Å². The fourth-order valence-electron chi connectivity index (χ4n) is 2.66. The van der Waals surface area contributed by atoms with E-state index in [-0.39, 0.29) is 0 Å².